The number of anilines is 1. The molecule has 29 heavy (non-hydrogen) atoms. The third-order valence-electron chi connectivity index (χ3n) is 3.93. The fraction of sp³-hybridized carbons (Fsp3) is 0.0909. The zero-order chi connectivity index (χ0) is 20.5. The molecule has 2 N–H and O–H groups in total. The molecule has 0 radical (unpaired) electrons. The highest BCUT2D eigenvalue weighted by Gasteiger charge is 2.10. The Kier molecular flexibility index (Phi) is 7.61. The van der Waals surface area contributed by atoms with E-state index in [2.05, 4.69) is 31.8 Å². The van der Waals surface area contributed by atoms with E-state index in [4.69, 9.17) is 21.7 Å². The number of hydrogen-bond acceptors (Lipinski definition) is 4. The zero-order valence-electron chi connectivity index (χ0n) is 15.8. The van der Waals surface area contributed by atoms with Crippen LogP contribution in [0.25, 0.3) is 0 Å². The van der Waals surface area contributed by atoms with Gasteiger partial charge < -0.3 is 14.8 Å². The minimum atomic E-state index is 0.396. The Bertz CT molecular complexity index is 979. The lowest BCUT2D eigenvalue weighted by Crippen LogP contribution is -2.23. The normalized spacial score (nSPS) is 10.6. The monoisotopic (exact) mass is 469 g/mol. The number of hydrazone groups is 1. The zero-order valence-corrected chi connectivity index (χ0v) is 18.2. The molecule has 148 valence electrons. The summed E-state index contributed by atoms with van der Waals surface area (Å²) in [6.07, 6.45) is 1.65. The molecule has 0 bridgehead atoms. The smallest absolute Gasteiger partial charge is 0.191 e. The Balaban J connectivity index is 1.67. The summed E-state index contributed by atoms with van der Waals surface area (Å²) in [7, 11) is 1.61. The maximum absolute atomic E-state index is 6.03. The van der Waals surface area contributed by atoms with E-state index in [1.807, 2.05) is 72.8 Å². The number of methoxy groups -OCH3 is 1. The van der Waals surface area contributed by atoms with Gasteiger partial charge in [0.2, 0.25) is 0 Å². The van der Waals surface area contributed by atoms with Gasteiger partial charge in [0.05, 0.1) is 13.3 Å². The van der Waals surface area contributed by atoms with Gasteiger partial charge in [0, 0.05) is 15.7 Å². The van der Waals surface area contributed by atoms with Crippen LogP contribution in [0.15, 0.2) is 82.4 Å². The topological polar surface area (TPSA) is 54.9 Å². The van der Waals surface area contributed by atoms with Crippen molar-refractivity contribution < 1.29 is 9.47 Å². The van der Waals surface area contributed by atoms with E-state index in [1.54, 1.807) is 13.3 Å². The Hall–Kier alpha value is -2.90. The first kappa shape index (κ1) is 20.8. The number of para-hydroxylation sites is 2. The molecule has 3 aromatic rings. The number of nitrogens with zero attached hydrogens (tertiary/aromatic N) is 1. The molecule has 0 atom stereocenters. The summed E-state index contributed by atoms with van der Waals surface area (Å²) in [6.45, 7) is 0.413. The van der Waals surface area contributed by atoms with Crippen molar-refractivity contribution in [1.82, 2.24) is 5.43 Å². The van der Waals surface area contributed by atoms with Gasteiger partial charge in [-0.3, -0.25) is 5.43 Å². The van der Waals surface area contributed by atoms with Gasteiger partial charge in [-0.2, -0.15) is 5.10 Å². The second-order valence-corrected chi connectivity index (χ2v) is 7.31. The predicted octanol–water partition coefficient (Wildman–Crippen LogP) is 5.36. The van der Waals surface area contributed by atoms with Crippen LogP contribution in [0.1, 0.15) is 11.1 Å². The third-order valence-corrected chi connectivity index (χ3v) is 4.65. The highest BCUT2D eigenvalue weighted by Crippen LogP contribution is 2.31. The number of halogens is 1. The maximum atomic E-state index is 6.03. The number of hydrogen-bond donors (Lipinski definition) is 2. The number of benzene rings is 3. The molecule has 3 rings (SSSR count). The summed E-state index contributed by atoms with van der Waals surface area (Å²) in [5, 5.41) is 7.68. The maximum Gasteiger partial charge on any atom is 0.191 e. The van der Waals surface area contributed by atoms with Crippen LogP contribution in [0.5, 0.6) is 11.5 Å². The van der Waals surface area contributed by atoms with Crippen molar-refractivity contribution in [3.63, 3.8) is 0 Å². The number of thiocarbonyl (C=S) groups is 1. The van der Waals surface area contributed by atoms with Crippen molar-refractivity contribution in [3.05, 3.63) is 88.4 Å². The van der Waals surface area contributed by atoms with E-state index < -0.39 is 0 Å². The summed E-state index contributed by atoms with van der Waals surface area (Å²) in [5.41, 5.74) is 5.53. The van der Waals surface area contributed by atoms with Gasteiger partial charge in [-0.15, -0.1) is 0 Å². The van der Waals surface area contributed by atoms with Crippen molar-refractivity contribution in [1.29, 1.82) is 0 Å². The van der Waals surface area contributed by atoms with E-state index in [-0.39, 0.29) is 0 Å². The van der Waals surface area contributed by atoms with E-state index in [1.165, 1.54) is 0 Å². The largest absolute Gasteiger partial charge is 0.493 e. The molecule has 0 saturated heterocycles. The van der Waals surface area contributed by atoms with Gasteiger partial charge in [-0.25, -0.2) is 0 Å². The van der Waals surface area contributed by atoms with Crippen LogP contribution < -0.4 is 20.2 Å². The molecule has 3 aromatic carbocycles. The summed E-state index contributed by atoms with van der Waals surface area (Å²) >= 11 is 8.70. The Labute approximate surface area is 183 Å². The van der Waals surface area contributed by atoms with Crippen LogP contribution >= 0.6 is 28.1 Å². The molecule has 7 heteroatoms. The average molecular weight is 470 g/mol. The summed E-state index contributed by atoms with van der Waals surface area (Å²) in [4.78, 5) is 0. The molecule has 0 aromatic heterocycles. The van der Waals surface area contributed by atoms with Crippen LogP contribution in [0, 0.1) is 0 Å². The summed E-state index contributed by atoms with van der Waals surface area (Å²) in [6, 6.07) is 23.3. The molecular formula is C22H20BrN3O2S. The first-order chi connectivity index (χ1) is 14.2. The molecule has 0 spiro atoms. The first-order valence-corrected chi connectivity index (χ1v) is 10.0. The molecule has 0 unspecified atom stereocenters. The van der Waals surface area contributed by atoms with Crippen molar-refractivity contribution in [3.8, 4) is 11.5 Å². The quantitative estimate of drug-likeness (QED) is 0.277. The second-order valence-electron chi connectivity index (χ2n) is 5.98. The third kappa shape index (κ3) is 6.30. The van der Waals surface area contributed by atoms with Crippen molar-refractivity contribution >= 4 is 45.2 Å². The second kappa shape index (κ2) is 10.6. The lowest BCUT2D eigenvalue weighted by atomic mass is 10.2. The molecular weight excluding hydrogens is 450 g/mol. The molecule has 5 nitrogen and oxygen atoms in total. The van der Waals surface area contributed by atoms with E-state index >= 15 is 0 Å². The molecule has 0 amide bonds. The van der Waals surface area contributed by atoms with Crippen LogP contribution in [0.3, 0.4) is 0 Å². The lowest BCUT2D eigenvalue weighted by molar-refractivity contribution is 0.284. The van der Waals surface area contributed by atoms with Crippen LogP contribution in [0.2, 0.25) is 0 Å². The molecule has 0 aliphatic carbocycles. The molecule has 0 saturated carbocycles. The van der Waals surface area contributed by atoms with Gasteiger partial charge in [-0.05, 0) is 54.2 Å². The van der Waals surface area contributed by atoms with Gasteiger partial charge >= 0.3 is 0 Å². The fourth-order valence-corrected chi connectivity index (χ4v) is 2.96. The van der Waals surface area contributed by atoms with E-state index in [0.717, 1.165) is 21.3 Å². The first-order valence-electron chi connectivity index (χ1n) is 8.85. The van der Waals surface area contributed by atoms with Gasteiger partial charge in [0.15, 0.2) is 16.6 Å². The predicted molar refractivity (Wildman–Crippen MR) is 125 cm³/mol. The number of ether oxygens (including phenoxy) is 2. The Morgan fingerprint density at radius 1 is 1.03 bits per heavy atom. The molecule has 0 fully saturated rings. The van der Waals surface area contributed by atoms with Crippen LogP contribution in [-0.2, 0) is 6.61 Å². The number of nitrogens with one attached hydrogen (secondary N) is 2. The van der Waals surface area contributed by atoms with Gasteiger partial charge in [0.1, 0.15) is 6.61 Å². The Morgan fingerprint density at radius 2 is 1.79 bits per heavy atom. The Morgan fingerprint density at radius 3 is 2.52 bits per heavy atom. The molecule has 0 heterocycles. The standard InChI is InChI=1S/C22H20BrN3O2S/c1-27-20-9-5-6-17(21(20)28-15-16-10-12-18(23)13-11-16)14-24-26-22(29)25-19-7-3-2-4-8-19/h2-14H,15H2,1H3,(H2,25,26,29). The average Bonchev–Trinajstić information content (AvgIpc) is 2.74. The van der Waals surface area contributed by atoms with Crippen LogP contribution in [0.4, 0.5) is 5.69 Å². The van der Waals surface area contributed by atoms with Gasteiger partial charge in [0.25, 0.3) is 0 Å². The lowest BCUT2D eigenvalue weighted by Gasteiger charge is -2.13. The van der Waals surface area contributed by atoms with E-state index in [9.17, 15) is 0 Å². The number of rotatable bonds is 7. The van der Waals surface area contributed by atoms with Crippen molar-refractivity contribution in [2.24, 2.45) is 5.10 Å². The SMILES string of the molecule is COc1cccc(C=NNC(=S)Nc2ccccc2)c1OCc1ccc(Br)cc1. The van der Waals surface area contributed by atoms with Crippen LogP contribution in [-0.4, -0.2) is 18.4 Å². The highest BCUT2D eigenvalue weighted by molar-refractivity contribution is 9.10. The summed E-state index contributed by atoms with van der Waals surface area (Å²) < 4.78 is 12.5. The fourth-order valence-electron chi connectivity index (χ4n) is 2.53. The molecule has 0 aliphatic rings. The summed E-state index contributed by atoms with van der Waals surface area (Å²) in [5.74, 6) is 1.25. The molecule has 0 aliphatic heterocycles. The van der Waals surface area contributed by atoms with Crippen molar-refractivity contribution in [2.75, 3.05) is 12.4 Å². The van der Waals surface area contributed by atoms with Gasteiger partial charge in [-0.1, -0.05) is 52.3 Å². The highest BCUT2D eigenvalue weighted by atomic mass is 79.9. The minimum absolute atomic E-state index is 0.396. The minimum Gasteiger partial charge on any atom is -0.493 e. The van der Waals surface area contributed by atoms with Crippen molar-refractivity contribution in [2.45, 2.75) is 6.61 Å². The van der Waals surface area contributed by atoms with E-state index in [0.29, 0.717) is 23.2 Å².